The molecule has 0 aromatic heterocycles. The number of nitrogens with one attached hydrogen (secondary N) is 1. The van der Waals surface area contributed by atoms with Crippen LogP contribution in [0, 0.1) is 6.92 Å². The minimum Gasteiger partial charge on any atom is -0.493 e. The van der Waals surface area contributed by atoms with E-state index in [4.69, 9.17) is 14.6 Å². The molecule has 0 unspecified atom stereocenters. The van der Waals surface area contributed by atoms with Crippen LogP contribution in [0.25, 0.3) is 6.08 Å². The Morgan fingerprint density at radius 2 is 2.03 bits per heavy atom. The number of hydrogen-bond donors (Lipinski definition) is 2. The SMILES string of the molecule is COc1cc(/C=C2\SC(=Nc3ccc(C)cc3)NC2=O)cc(Br)c1OCC(=O)O. The maximum atomic E-state index is 12.3. The zero-order chi connectivity index (χ0) is 21.0. The highest BCUT2D eigenvalue weighted by atomic mass is 79.9. The molecule has 150 valence electrons. The van der Waals surface area contributed by atoms with Crippen LogP contribution in [0.15, 0.2) is 50.8 Å². The molecule has 1 fully saturated rings. The predicted octanol–water partition coefficient (Wildman–Crippen LogP) is 4.12. The van der Waals surface area contributed by atoms with E-state index in [-0.39, 0.29) is 11.7 Å². The quantitative estimate of drug-likeness (QED) is 0.608. The Bertz CT molecular complexity index is 1020. The van der Waals surface area contributed by atoms with Crippen molar-refractivity contribution in [3.63, 3.8) is 0 Å². The molecular formula is C20H17BrN2O5S. The third-order valence-corrected chi connectivity index (χ3v) is 5.30. The van der Waals surface area contributed by atoms with E-state index >= 15 is 0 Å². The number of benzene rings is 2. The van der Waals surface area contributed by atoms with Gasteiger partial charge in [-0.3, -0.25) is 4.79 Å². The van der Waals surface area contributed by atoms with Crippen molar-refractivity contribution in [2.24, 2.45) is 4.99 Å². The molecule has 1 aliphatic rings. The molecule has 0 atom stereocenters. The van der Waals surface area contributed by atoms with Gasteiger partial charge in [-0.15, -0.1) is 0 Å². The smallest absolute Gasteiger partial charge is 0.341 e. The number of amides is 1. The highest BCUT2D eigenvalue weighted by Crippen LogP contribution is 2.38. The van der Waals surface area contributed by atoms with Gasteiger partial charge in [-0.25, -0.2) is 9.79 Å². The number of carbonyl (C=O) groups excluding carboxylic acids is 1. The highest BCUT2D eigenvalue weighted by molar-refractivity contribution is 9.10. The van der Waals surface area contributed by atoms with Gasteiger partial charge in [0.2, 0.25) is 0 Å². The average Bonchev–Trinajstić information content (AvgIpc) is 3.01. The molecular weight excluding hydrogens is 460 g/mol. The Labute approximate surface area is 179 Å². The molecule has 0 bridgehead atoms. The molecule has 2 aromatic carbocycles. The molecule has 1 amide bonds. The summed E-state index contributed by atoms with van der Waals surface area (Å²) in [6, 6.07) is 11.1. The van der Waals surface area contributed by atoms with Crippen molar-refractivity contribution in [3.05, 3.63) is 56.9 Å². The van der Waals surface area contributed by atoms with Crippen LogP contribution in [-0.2, 0) is 9.59 Å². The predicted molar refractivity (Wildman–Crippen MR) is 116 cm³/mol. The van der Waals surface area contributed by atoms with E-state index < -0.39 is 12.6 Å². The van der Waals surface area contributed by atoms with Gasteiger partial charge >= 0.3 is 5.97 Å². The van der Waals surface area contributed by atoms with Crippen LogP contribution in [0.3, 0.4) is 0 Å². The lowest BCUT2D eigenvalue weighted by atomic mass is 10.2. The first-order valence-corrected chi connectivity index (χ1v) is 10.0. The van der Waals surface area contributed by atoms with Crippen molar-refractivity contribution in [2.75, 3.05) is 13.7 Å². The molecule has 7 nitrogen and oxygen atoms in total. The normalized spacial score (nSPS) is 16.2. The van der Waals surface area contributed by atoms with Crippen LogP contribution in [0.1, 0.15) is 11.1 Å². The number of aryl methyl sites for hydroxylation is 1. The van der Waals surface area contributed by atoms with Crippen LogP contribution in [-0.4, -0.2) is 35.9 Å². The van der Waals surface area contributed by atoms with E-state index in [0.29, 0.717) is 25.9 Å². The Morgan fingerprint density at radius 3 is 2.69 bits per heavy atom. The molecule has 3 rings (SSSR count). The summed E-state index contributed by atoms with van der Waals surface area (Å²) in [7, 11) is 1.45. The molecule has 0 aliphatic carbocycles. The largest absolute Gasteiger partial charge is 0.493 e. The summed E-state index contributed by atoms with van der Waals surface area (Å²) in [6.07, 6.45) is 1.70. The van der Waals surface area contributed by atoms with Gasteiger partial charge in [0, 0.05) is 0 Å². The summed E-state index contributed by atoms with van der Waals surface area (Å²) in [5, 5.41) is 12.0. The lowest BCUT2D eigenvalue weighted by molar-refractivity contribution is -0.139. The molecule has 1 heterocycles. The standard InChI is InChI=1S/C20H17BrN2O5S/c1-11-3-5-13(6-4-11)22-20-23-19(26)16(29-20)9-12-7-14(21)18(15(8-12)27-2)28-10-17(24)25/h3-9H,10H2,1-2H3,(H,24,25)(H,22,23,26)/b16-9-. The third-order valence-electron chi connectivity index (χ3n) is 3.81. The number of carbonyl (C=O) groups is 2. The van der Waals surface area contributed by atoms with E-state index in [1.54, 1.807) is 18.2 Å². The van der Waals surface area contributed by atoms with Crippen LogP contribution >= 0.6 is 27.7 Å². The lowest BCUT2D eigenvalue weighted by Gasteiger charge is -2.12. The minimum atomic E-state index is -1.09. The number of rotatable bonds is 6. The van der Waals surface area contributed by atoms with Gasteiger partial charge in [-0.1, -0.05) is 17.7 Å². The van der Waals surface area contributed by atoms with Crippen LogP contribution in [0.5, 0.6) is 11.5 Å². The van der Waals surface area contributed by atoms with Gasteiger partial charge in [0.15, 0.2) is 23.3 Å². The van der Waals surface area contributed by atoms with Gasteiger partial charge in [0.25, 0.3) is 5.91 Å². The summed E-state index contributed by atoms with van der Waals surface area (Å²) < 4.78 is 11.1. The fourth-order valence-electron chi connectivity index (χ4n) is 2.47. The van der Waals surface area contributed by atoms with Crippen LogP contribution in [0.2, 0.25) is 0 Å². The number of nitrogens with zero attached hydrogens (tertiary/aromatic N) is 1. The molecule has 1 saturated heterocycles. The number of hydrogen-bond acceptors (Lipinski definition) is 6. The number of ether oxygens (including phenoxy) is 2. The molecule has 0 spiro atoms. The maximum absolute atomic E-state index is 12.3. The van der Waals surface area contributed by atoms with E-state index in [1.807, 2.05) is 31.2 Å². The first-order chi connectivity index (χ1) is 13.9. The highest BCUT2D eigenvalue weighted by Gasteiger charge is 2.24. The summed E-state index contributed by atoms with van der Waals surface area (Å²) in [5.74, 6) is -0.710. The van der Waals surface area contributed by atoms with Gasteiger partial charge in [0.1, 0.15) is 0 Å². The Hall–Kier alpha value is -2.78. The Balaban J connectivity index is 1.84. The molecule has 0 radical (unpaired) electrons. The third kappa shape index (κ3) is 5.39. The van der Waals surface area contributed by atoms with Crippen LogP contribution in [0.4, 0.5) is 5.69 Å². The summed E-state index contributed by atoms with van der Waals surface area (Å²) in [4.78, 5) is 28.0. The zero-order valence-corrected chi connectivity index (χ0v) is 18.0. The summed E-state index contributed by atoms with van der Waals surface area (Å²) in [6.45, 7) is 1.50. The van der Waals surface area contributed by atoms with Crippen molar-refractivity contribution in [3.8, 4) is 11.5 Å². The van der Waals surface area contributed by atoms with Gasteiger partial charge in [-0.05, 0) is 70.5 Å². The average molecular weight is 477 g/mol. The monoisotopic (exact) mass is 476 g/mol. The van der Waals surface area contributed by atoms with E-state index in [9.17, 15) is 9.59 Å². The number of aliphatic carboxylic acids is 1. The summed E-state index contributed by atoms with van der Waals surface area (Å²) in [5.41, 5.74) is 2.57. The first-order valence-electron chi connectivity index (χ1n) is 8.44. The van der Waals surface area contributed by atoms with E-state index in [1.165, 1.54) is 18.9 Å². The fraction of sp³-hybridized carbons (Fsp3) is 0.150. The van der Waals surface area contributed by atoms with E-state index in [2.05, 4.69) is 26.2 Å². The number of carboxylic acid groups (broad SMARTS) is 1. The van der Waals surface area contributed by atoms with E-state index in [0.717, 1.165) is 11.3 Å². The second kappa shape index (κ2) is 9.15. The zero-order valence-electron chi connectivity index (χ0n) is 15.6. The molecule has 1 aliphatic heterocycles. The molecule has 29 heavy (non-hydrogen) atoms. The number of amidine groups is 1. The Kier molecular flexibility index (Phi) is 6.60. The first kappa shape index (κ1) is 20.9. The number of carboxylic acids is 1. The molecule has 0 saturated carbocycles. The number of methoxy groups -OCH3 is 1. The second-order valence-electron chi connectivity index (χ2n) is 6.03. The molecule has 2 N–H and O–H groups in total. The van der Waals surface area contributed by atoms with Crippen molar-refractivity contribution >= 4 is 56.5 Å². The molecule has 9 heteroatoms. The van der Waals surface area contributed by atoms with Gasteiger partial charge in [-0.2, -0.15) is 0 Å². The topological polar surface area (TPSA) is 97.2 Å². The van der Waals surface area contributed by atoms with Crippen molar-refractivity contribution in [1.29, 1.82) is 0 Å². The number of thioether (sulfide) groups is 1. The van der Waals surface area contributed by atoms with Crippen LogP contribution < -0.4 is 14.8 Å². The number of halogens is 1. The Morgan fingerprint density at radius 1 is 1.31 bits per heavy atom. The molecule has 2 aromatic rings. The van der Waals surface area contributed by atoms with Gasteiger partial charge < -0.3 is 19.9 Å². The van der Waals surface area contributed by atoms with Crippen molar-refractivity contribution < 1.29 is 24.2 Å². The second-order valence-corrected chi connectivity index (χ2v) is 7.92. The van der Waals surface area contributed by atoms with Crippen molar-refractivity contribution in [1.82, 2.24) is 5.32 Å². The summed E-state index contributed by atoms with van der Waals surface area (Å²) >= 11 is 4.59. The fourth-order valence-corrected chi connectivity index (χ4v) is 3.88. The lowest BCUT2D eigenvalue weighted by Crippen LogP contribution is -2.19. The van der Waals surface area contributed by atoms with Gasteiger partial charge in [0.05, 0.1) is 22.2 Å². The van der Waals surface area contributed by atoms with Crippen molar-refractivity contribution in [2.45, 2.75) is 6.92 Å². The maximum Gasteiger partial charge on any atom is 0.341 e. The minimum absolute atomic E-state index is 0.248. The number of aliphatic imine (C=N–C) groups is 1.